The highest BCUT2D eigenvalue weighted by Crippen LogP contribution is 2.32. The van der Waals surface area contributed by atoms with Crippen molar-refractivity contribution in [2.24, 2.45) is 4.99 Å². The summed E-state index contributed by atoms with van der Waals surface area (Å²) < 4.78 is 19.0. The molecule has 1 amide bonds. The van der Waals surface area contributed by atoms with E-state index in [0.29, 0.717) is 37.3 Å². The smallest absolute Gasteiger partial charge is 0.264 e. The van der Waals surface area contributed by atoms with E-state index in [1.807, 2.05) is 0 Å². The minimum absolute atomic E-state index is 0.0395. The average Bonchev–Trinajstić information content (AvgIpc) is 3.28. The molecule has 4 nitrogen and oxygen atoms in total. The standard InChI is InChI=1S/C20H10Cl3FN2O2S/c21-13-4-1-10(7-14(13)22)17-6-3-12(28-17)9-18-19(27)26-20(29-18)25-11-2-5-16(24)15(23)8-11/h1-9H,(H,25,26,27)/b18-9+. The van der Waals surface area contributed by atoms with Gasteiger partial charge in [0.05, 0.1) is 25.7 Å². The molecule has 1 aliphatic heterocycles. The van der Waals surface area contributed by atoms with E-state index in [4.69, 9.17) is 39.2 Å². The summed E-state index contributed by atoms with van der Waals surface area (Å²) in [5.41, 5.74) is 1.20. The monoisotopic (exact) mass is 466 g/mol. The van der Waals surface area contributed by atoms with Crippen molar-refractivity contribution in [3.63, 3.8) is 0 Å². The van der Waals surface area contributed by atoms with Gasteiger partial charge < -0.3 is 9.73 Å². The number of carbonyl (C=O) groups is 1. The summed E-state index contributed by atoms with van der Waals surface area (Å²) in [5.74, 6) is 0.243. The van der Waals surface area contributed by atoms with Crippen molar-refractivity contribution in [2.75, 3.05) is 0 Å². The predicted octanol–water partition coefficient (Wildman–Crippen LogP) is 6.94. The van der Waals surface area contributed by atoms with E-state index in [1.54, 1.807) is 36.4 Å². The molecule has 0 atom stereocenters. The molecule has 3 aromatic rings. The lowest BCUT2D eigenvalue weighted by Gasteiger charge is -1.99. The summed E-state index contributed by atoms with van der Waals surface area (Å²) in [7, 11) is 0. The molecule has 0 saturated carbocycles. The molecule has 1 saturated heterocycles. The van der Waals surface area contributed by atoms with Gasteiger partial charge in [-0.05, 0) is 60.3 Å². The number of nitrogens with one attached hydrogen (secondary N) is 1. The van der Waals surface area contributed by atoms with E-state index in [2.05, 4.69) is 10.3 Å². The van der Waals surface area contributed by atoms with Crippen LogP contribution in [0.5, 0.6) is 0 Å². The molecule has 1 fully saturated rings. The maximum absolute atomic E-state index is 13.3. The van der Waals surface area contributed by atoms with Crippen molar-refractivity contribution in [1.29, 1.82) is 0 Å². The third-order valence-corrected chi connectivity index (χ3v) is 5.83. The van der Waals surface area contributed by atoms with Gasteiger partial charge in [-0.3, -0.25) is 4.79 Å². The van der Waals surface area contributed by atoms with E-state index < -0.39 is 5.82 Å². The average molecular weight is 468 g/mol. The molecule has 0 aliphatic carbocycles. The molecule has 146 valence electrons. The Labute approximate surface area is 184 Å². The van der Waals surface area contributed by atoms with Crippen molar-refractivity contribution >= 4 is 69.4 Å². The van der Waals surface area contributed by atoms with Crippen LogP contribution in [-0.4, -0.2) is 11.1 Å². The zero-order valence-corrected chi connectivity index (χ0v) is 17.5. The Bertz CT molecular complexity index is 1190. The van der Waals surface area contributed by atoms with Gasteiger partial charge in [0.25, 0.3) is 5.91 Å². The largest absolute Gasteiger partial charge is 0.457 e. The molecule has 1 aromatic heterocycles. The molecule has 1 N–H and O–H groups in total. The highest BCUT2D eigenvalue weighted by atomic mass is 35.5. The van der Waals surface area contributed by atoms with E-state index in [0.717, 1.165) is 17.3 Å². The van der Waals surface area contributed by atoms with Gasteiger partial charge in [0.15, 0.2) is 5.17 Å². The zero-order chi connectivity index (χ0) is 20.5. The number of hydrogen-bond donors (Lipinski definition) is 1. The molecule has 9 heteroatoms. The van der Waals surface area contributed by atoms with Crippen molar-refractivity contribution in [3.8, 4) is 11.3 Å². The number of amidine groups is 1. The topological polar surface area (TPSA) is 54.6 Å². The van der Waals surface area contributed by atoms with Gasteiger partial charge in [-0.2, -0.15) is 0 Å². The number of furan rings is 1. The first-order chi connectivity index (χ1) is 13.9. The normalized spacial score (nSPS) is 16.6. The first kappa shape index (κ1) is 20.0. The summed E-state index contributed by atoms with van der Waals surface area (Å²) in [5, 5.41) is 3.86. The van der Waals surface area contributed by atoms with Gasteiger partial charge in [0, 0.05) is 11.6 Å². The second-order valence-electron chi connectivity index (χ2n) is 5.91. The summed E-state index contributed by atoms with van der Waals surface area (Å²) in [4.78, 5) is 16.9. The summed E-state index contributed by atoms with van der Waals surface area (Å²) in [6.07, 6.45) is 1.61. The summed E-state index contributed by atoms with van der Waals surface area (Å²) >= 11 is 18.9. The SMILES string of the molecule is O=C1NC(=Nc2ccc(F)c(Cl)c2)S/C1=C/c1ccc(-c2ccc(Cl)c(Cl)c2)o1. The lowest BCUT2D eigenvalue weighted by Crippen LogP contribution is -2.19. The lowest BCUT2D eigenvalue weighted by molar-refractivity contribution is -0.115. The first-order valence-corrected chi connectivity index (χ1v) is 10.1. The maximum Gasteiger partial charge on any atom is 0.264 e. The lowest BCUT2D eigenvalue weighted by atomic mass is 10.2. The number of hydrogen-bond acceptors (Lipinski definition) is 4. The van der Waals surface area contributed by atoms with Crippen LogP contribution in [0.25, 0.3) is 17.4 Å². The van der Waals surface area contributed by atoms with Gasteiger partial charge in [-0.25, -0.2) is 9.38 Å². The van der Waals surface area contributed by atoms with Gasteiger partial charge in [0.1, 0.15) is 17.3 Å². The Morgan fingerprint density at radius 2 is 1.83 bits per heavy atom. The Kier molecular flexibility index (Phi) is 5.69. The van der Waals surface area contributed by atoms with Crippen LogP contribution in [0.3, 0.4) is 0 Å². The molecular weight excluding hydrogens is 458 g/mol. The molecule has 1 aliphatic rings. The number of halogens is 4. The van der Waals surface area contributed by atoms with Crippen LogP contribution in [0, 0.1) is 5.82 Å². The molecule has 29 heavy (non-hydrogen) atoms. The number of aliphatic imine (C=N–C) groups is 1. The Morgan fingerprint density at radius 3 is 2.59 bits per heavy atom. The van der Waals surface area contributed by atoms with Crippen LogP contribution in [0.15, 0.2) is 62.8 Å². The van der Waals surface area contributed by atoms with Crippen LogP contribution in [0.2, 0.25) is 15.1 Å². The number of benzene rings is 2. The fourth-order valence-electron chi connectivity index (χ4n) is 2.52. The Morgan fingerprint density at radius 1 is 1.00 bits per heavy atom. The van der Waals surface area contributed by atoms with Crippen LogP contribution in [0.1, 0.15) is 5.76 Å². The van der Waals surface area contributed by atoms with Crippen molar-refractivity contribution in [1.82, 2.24) is 5.32 Å². The summed E-state index contributed by atoms with van der Waals surface area (Å²) in [6.45, 7) is 0. The second kappa shape index (κ2) is 8.24. The quantitative estimate of drug-likeness (QED) is 0.425. The van der Waals surface area contributed by atoms with E-state index >= 15 is 0 Å². The predicted molar refractivity (Wildman–Crippen MR) is 116 cm³/mol. The van der Waals surface area contributed by atoms with Crippen LogP contribution in [-0.2, 0) is 4.79 Å². The minimum Gasteiger partial charge on any atom is -0.457 e. The highest BCUT2D eigenvalue weighted by Gasteiger charge is 2.24. The van der Waals surface area contributed by atoms with Gasteiger partial charge in [-0.1, -0.05) is 34.8 Å². The van der Waals surface area contributed by atoms with Crippen LogP contribution < -0.4 is 5.32 Å². The third-order valence-electron chi connectivity index (χ3n) is 3.89. The highest BCUT2D eigenvalue weighted by molar-refractivity contribution is 8.18. The Hall–Kier alpha value is -2.25. The maximum atomic E-state index is 13.3. The Balaban J connectivity index is 1.55. The van der Waals surface area contributed by atoms with Gasteiger partial charge in [0.2, 0.25) is 0 Å². The molecule has 0 unspecified atom stereocenters. The van der Waals surface area contributed by atoms with E-state index in [1.165, 1.54) is 18.2 Å². The fourth-order valence-corrected chi connectivity index (χ4v) is 3.81. The van der Waals surface area contributed by atoms with Gasteiger partial charge in [-0.15, -0.1) is 0 Å². The van der Waals surface area contributed by atoms with E-state index in [9.17, 15) is 9.18 Å². The van der Waals surface area contributed by atoms with Crippen LogP contribution in [0.4, 0.5) is 10.1 Å². The van der Waals surface area contributed by atoms with Crippen molar-refractivity contribution < 1.29 is 13.6 Å². The second-order valence-corrected chi connectivity index (χ2v) is 8.16. The van der Waals surface area contributed by atoms with Gasteiger partial charge >= 0.3 is 0 Å². The van der Waals surface area contributed by atoms with Crippen LogP contribution >= 0.6 is 46.6 Å². The number of thioether (sulfide) groups is 1. The fraction of sp³-hybridized carbons (Fsp3) is 0. The first-order valence-electron chi connectivity index (χ1n) is 8.19. The zero-order valence-electron chi connectivity index (χ0n) is 14.4. The van der Waals surface area contributed by atoms with Crippen molar-refractivity contribution in [3.05, 3.63) is 80.1 Å². The number of rotatable bonds is 3. The molecule has 0 radical (unpaired) electrons. The molecule has 0 spiro atoms. The molecule has 2 aromatic carbocycles. The molecule has 2 heterocycles. The molecular formula is C20H10Cl3FN2O2S. The number of carbonyl (C=O) groups excluding carboxylic acids is 1. The minimum atomic E-state index is -0.532. The number of amides is 1. The van der Waals surface area contributed by atoms with Crippen molar-refractivity contribution in [2.45, 2.75) is 0 Å². The number of nitrogens with zero attached hydrogens (tertiary/aromatic N) is 1. The summed E-state index contributed by atoms with van der Waals surface area (Å²) in [6, 6.07) is 12.8. The molecule has 0 bridgehead atoms. The van der Waals surface area contributed by atoms with E-state index in [-0.39, 0.29) is 10.9 Å². The third kappa shape index (κ3) is 4.51. The molecule has 4 rings (SSSR count).